The first-order valence-electron chi connectivity index (χ1n) is 9.10. The van der Waals surface area contributed by atoms with Gasteiger partial charge in [0.1, 0.15) is 0 Å². The minimum absolute atomic E-state index is 0.0298. The summed E-state index contributed by atoms with van der Waals surface area (Å²) in [5.74, 6) is -0.990. The zero-order valence-electron chi connectivity index (χ0n) is 15.0. The first-order valence-corrected chi connectivity index (χ1v) is 9.10. The molecule has 0 radical (unpaired) electrons. The van der Waals surface area contributed by atoms with Gasteiger partial charge < -0.3 is 10.1 Å². The van der Waals surface area contributed by atoms with Crippen LogP contribution in [0.25, 0.3) is 0 Å². The molecule has 1 aliphatic carbocycles. The van der Waals surface area contributed by atoms with Gasteiger partial charge in [-0.1, -0.05) is 32.6 Å². The molecule has 1 amide bonds. The average molecular weight is 349 g/mol. The number of carbonyl (C=O) groups is 2. The summed E-state index contributed by atoms with van der Waals surface area (Å²) in [5, 5.41) is 6.96. The lowest BCUT2D eigenvalue weighted by atomic mass is 10.1. The second-order valence-electron chi connectivity index (χ2n) is 6.52. The predicted octanol–water partition coefficient (Wildman–Crippen LogP) is 2.04. The molecule has 0 aliphatic heterocycles. The lowest BCUT2D eigenvalue weighted by Gasteiger charge is -2.19. The largest absolute Gasteiger partial charge is 0.448 e. The van der Waals surface area contributed by atoms with Crippen LogP contribution in [0.3, 0.4) is 0 Å². The molecule has 1 saturated carbocycles. The van der Waals surface area contributed by atoms with Gasteiger partial charge in [0.25, 0.3) is 11.5 Å². The Morgan fingerprint density at radius 3 is 2.60 bits per heavy atom. The van der Waals surface area contributed by atoms with Crippen LogP contribution in [0.1, 0.15) is 69.3 Å². The Kier molecular flexibility index (Phi) is 7.16. The van der Waals surface area contributed by atoms with Crippen molar-refractivity contribution in [1.82, 2.24) is 15.1 Å². The van der Waals surface area contributed by atoms with Crippen LogP contribution in [0.2, 0.25) is 0 Å². The highest BCUT2D eigenvalue weighted by Crippen LogP contribution is 2.17. The minimum atomic E-state index is -0.899. The summed E-state index contributed by atoms with van der Waals surface area (Å²) in [6, 6.07) is 2.77. The van der Waals surface area contributed by atoms with Crippen LogP contribution < -0.4 is 10.9 Å². The van der Waals surface area contributed by atoms with Crippen molar-refractivity contribution in [3.8, 4) is 0 Å². The number of nitrogens with zero attached hydrogens (tertiary/aromatic N) is 2. The maximum absolute atomic E-state index is 12.2. The number of hydrogen-bond acceptors (Lipinski definition) is 5. The topological polar surface area (TPSA) is 90.3 Å². The van der Waals surface area contributed by atoms with Crippen molar-refractivity contribution in [3.63, 3.8) is 0 Å². The Bertz CT molecular complexity index is 648. The Morgan fingerprint density at radius 1 is 1.28 bits per heavy atom. The molecule has 25 heavy (non-hydrogen) atoms. The maximum atomic E-state index is 12.2. The molecule has 1 fully saturated rings. The van der Waals surface area contributed by atoms with Gasteiger partial charge in [0.15, 0.2) is 11.8 Å². The highest BCUT2D eigenvalue weighted by atomic mass is 16.5. The average Bonchev–Trinajstić information content (AvgIpc) is 2.85. The summed E-state index contributed by atoms with van der Waals surface area (Å²) in [6.45, 7) is 3.89. The van der Waals surface area contributed by atoms with Gasteiger partial charge in [-0.2, -0.15) is 5.10 Å². The molecule has 1 aromatic heterocycles. The zero-order chi connectivity index (χ0) is 18.2. The number of aromatic nitrogens is 2. The van der Waals surface area contributed by atoms with Crippen LogP contribution >= 0.6 is 0 Å². The van der Waals surface area contributed by atoms with E-state index in [1.807, 2.05) is 6.92 Å². The van der Waals surface area contributed by atoms with E-state index in [1.54, 1.807) is 6.92 Å². The lowest BCUT2D eigenvalue weighted by molar-refractivity contribution is -0.129. The number of amides is 1. The molecular weight excluding hydrogens is 322 g/mol. The molecule has 7 heteroatoms. The fraction of sp³-hybridized carbons (Fsp3) is 0.667. The maximum Gasteiger partial charge on any atom is 0.359 e. The summed E-state index contributed by atoms with van der Waals surface area (Å²) in [7, 11) is 0. The van der Waals surface area contributed by atoms with E-state index in [0.717, 1.165) is 32.1 Å². The molecule has 1 N–H and O–H groups in total. The van der Waals surface area contributed by atoms with Gasteiger partial charge in [0, 0.05) is 18.7 Å². The standard InChI is InChI=1S/C18H27N3O4/c1-3-12-21-16(22)11-10-15(20-21)18(24)25-13(2)17(23)19-14-8-6-4-5-7-9-14/h10-11,13-14H,3-9,12H2,1-2H3,(H,19,23). The van der Waals surface area contributed by atoms with Crippen LogP contribution in [0.5, 0.6) is 0 Å². The lowest BCUT2D eigenvalue weighted by Crippen LogP contribution is -2.42. The molecule has 0 bridgehead atoms. The Morgan fingerprint density at radius 2 is 1.96 bits per heavy atom. The summed E-state index contributed by atoms with van der Waals surface area (Å²) < 4.78 is 6.44. The highest BCUT2D eigenvalue weighted by molar-refractivity contribution is 5.90. The van der Waals surface area contributed by atoms with Crippen molar-refractivity contribution in [1.29, 1.82) is 0 Å². The highest BCUT2D eigenvalue weighted by Gasteiger charge is 2.23. The van der Waals surface area contributed by atoms with Gasteiger partial charge in [0.05, 0.1) is 0 Å². The third-order valence-electron chi connectivity index (χ3n) is 4.37. The fourth-order valence-electron chi connectivity index (χ4n) is 2.95. The number of carbonyl (C=O) groups excluding carboxylic acids is 2. The van der Waals surface area contributed by atoms with E-state index in [0.29, 0.717) is 6.54 Å². The summed E-state index contributed by atoms with van der Waals surface area (Å²) in [6.07, 6.45) is 6.40. The first-order chi connectivity index (χ1) is 12.0. The normalized spacial score (nSPS) is 16.7. The number of esters is 1. The minimum Gasteiger partial charge on any atom is -0.448 e. The number of hydrogen-bond donors (Lipinski definition) is 1. The van der Waals surface area contributed by atoms with Gasteiger partial charge in [-0.25, -0.2) is 9.48 Å². The second kappa shape index (κ2) is 9.34. The molecule has 7 nitrogen and oxygen atoms in total. The third-order valence-corrected chi connectivity index (χ3v) is 4.37. The molecule has 2 rings (SSSR count). The Labute approximate surface area is 147 Å². The van der Waals surface area contributed by atoms with E-state index in [1.165, 1.54) is 29.7 Å². The van der Waals surface area contributed by atoms with Crippen molar-refractivity contribution < 1.29 is 14.3 Å². The van der Waals surface area contributed by atoms with Crippen LogP contribution in [0, 0.1) is 0 Å². The van der Waals surface area contributed by atoms with Crippen molar-refractivity contribution >= 4 is 11.9 Å². The molecule has 0 spiro atoms. The molecule has 1 heterocycles. The van der Waals surface area contributed by atoms with Gasteiger partial charge in [-0.05, 0) is 32.3 Å². The second-order valence-corrected chi connectivity index (χ2v) is 6.52. The number of aryl methyl sites for hydroxylation is 1. The van der Waals surface area contributed by atoms with E-state index in [9.17, 15) is 14.4 Å². The third kappa shape index (κ3) is 5.69. The van der Waals surface area contributed by atoms with E-state index in [2.05, 4.69) is 10.4 Å². The quantitative estimate of drug-likeness (QED) is 0.627. The van der Waals surface area contributed by atoms with Crippen molar-refractivity contribution in [3.05, 3.63) is 28.2 Å². The molecule has 0 saturated heterocycles. The fourth-order valence-corrected chi connectivity index (χ4v) is 2.95. The predicted molar refractivity (Wildman–Crippen MR) is 93.3 cm³/mol. The summed E-state index contributed by atoms with van der Waals surface area (Å²) in [4.78, 5) is 36.1. The van der Waals surface area contributed by atoms with Crippen LogP contribution in [0.15, 0.2) is 16.9 Å². The van der Waals surface area contributed by atoms with Gasteiger partial charge in [-0.3, -0.25) is 9.59 Å². The van der Waals surface area contributed by atoms with Crippen LogP contribution in [0.4, 0.5) is 0 Å². The number of nitrogens with one attached hydrogen (secondary N) is 1. The summed E-state index contributed by atoms with van der Waals surface area (Å²) >= 11 is 0. The van der Waals surface area contributed by atoms with E-state index >= 15 is 0 Å². The number of rotatable bonds is 6. The zero-order valence-corrected chi connectivity index (χ0v) is 15.0. The SMILES string of the molecule is CCCn1nc(C(=O)OC(C)C(=O)NC2CCCCCC2)ccc1=O. The van der Waals surface area contributed by atoms with Gasteiger partial charge in [0.2, 0.25) is 0 Å². The smallest absolute Gasteiger partial charge is 0.359 e. The Balaban J connectivity index is 1.93. The molecule has 0 aromatic carbocycles. The van der Waals surface area contributed by atoms with E-state index in [4.69, 9.17) is 4.74 Å². The molecular formula is C18H27N3O4. The van der Waals surface area contributed by atoms with E-state index < -0.39 is 12.1 Å². The molecule has 1 aromatic rings. The van der Waals surface area contributed by atoms with Gasteiger partial charge in [-0.15, -0.1) is 0 Å². The van der Waals surface area contributed by atoms with Crippen LogP contribution in [-0.2, 0) is 16.1 Å². The van der Waals surface area contributed by atoms with E-state index in [-0.39, 0.29) is 23.2 Å². The first kappa shape index (κ1) is 19.1. The van der Waals surface area contributed by atoms with Gasteiger partial charge >= 0.3 is 5.97 Å². The molecule has 1 atom stereocenters. The number of ether oxygens (including phenoxy) is 1. The van der Waals surface area contributed by atoms with Crippen molar-refractivity contribution in [2.24, 2.45) is 0 Å². The molecule has 1 aliphatic rings. The van der Waals surface area contributed by atoms with Crippen LogP contribution in [-0.4, -0.2) is 33.8 Å². The molecule has 1 unspecified atom stereocenters. The Hall–Kier alpha value is -2.18. The molecule has 138 valence electrons. The van der Waals surface area contributed by atoms with Crippen molar-refractivity contribution in [2.45, 2.75) is 77.5 Å². The summed E-state index contributed by atoms with van der Waals surface area (Å²) in [5.41, 5.74) is -0.236. The monoisotopic (exact) mass is 349 g/mol. The van der Waals surface area contributed by atoms with Crippen molar-refractivity contribution in [2.75, 3.05) is 0 Å².